The number of hydrogen-bond donors (Lipinski definition) is 0. The van der Waals surface area contributed by atoms with E-state index in [1.807, 2.05) is 91.0 Å². The molecular formula is C44H26N4OS. The zero-order valence-electron chi connectivity index (χ0n) is 26.6. The molecule has 0 radical (unpaired) electrons. The standard InChI is InChI=1S/C44H26N4OS/c1-4-13-27(14-5-1)41-46-42(28-15-6-2-7-16-28)48-43(47-41)31-23-30-19-10-11-20-32(30)34(24-31)33-21-12-22-38-40(33)35-25-36-37(26-39(35)50-38)49-44(45-36)29-17-8-3-9-18-29/h1-26H. The largest absolute Gasteiger partial charge is 0.436 e. The number of hydrogen-bond acceptors (Lipinski definition) is 6. The van der Waals surface area contributed by atoms with Gasteiger partial charge in [0.2, 0.25) is 5.89 Å². The van der Waals surface area contributed by atoms with Gasteiger partial charge in [0, 0.05) is 48.5 Å². The molecule has 10 rings (SSSR count). The minimum atomic E-state index is 0.628. The average Bonchev–Trinajstić information content (AvgIpc) is 3.78. The molecule has 50 heavy (non-hydrogen) atoms. The second-order valence-electron chi connectivity index (χ2n) is 12.3. The molecule has 3 aromatic heterocycles. The lowest BCUT2D eigenvalue weighted by Crippen LogP contribution is -2.00. The van der Waals surface area contributed by atoms with Crippen LogP contribution in [-0.2, 0) is 0 Å². The summed E-state index contributed by atoms with van der Waals surface area (Å²) >= 11 is 1.77. The maximum absolute atomic E-state index is 6.26. The number of fused-ring (bicyclic) bond motifs is 5. The molecule has 6 heteroatoms. The molecule has 0 aliphatic rings. The number of oxazole rings is 1. The summed E-state index contributed by atoms with van der Waals surface area (Å²) < 4.78 is 8.63. The van der Waals surface area contributed by atoms with Crippen molar-refractivity contribution in [2.24, 2.45) is 0 Å². The predicted octanol–water partition coefficient (Wildman–Crippen LogP) is 11.9. The smallest absolute Gasteiger partial charge is 0.227 e. The van der Waals surface area contributed by atoms with Crippen LogP contribution in [0.2, 0.25) is 0 Å². The molecule has 0 saturated carbocycles. The van der Waals surface area contributed by atoms with Crippen molar-refractivity contribution < 1.29 is 4.42 Å². The number of thiophene rings is 1. The third-order valence-electron chi connectivity index (χ3n) is 9.14. The van der Waals surface area contributed by atoms with Crippen molar-refractivity contribution in [3.05, 3.63) is 158 Å². The third-order valence-corrected chi connectivity index (χ3v) is 10.3. The van der Waals surface area contributed by atoms with E-state index in [9.17, 15) is 0 Å². The summed E-state index contributed by atoms with van der Waals surface area (Å²) in [4.78, 5) is 20.0. The predicted molar refractivity (Wildman–Crippen MR) is 205 cm³/mol. The zero-order valence-corrected chi connectivity index (χ0v) is 27.4. The van der Waals surface area contributed by atoms with E-state index in [4.69, 9.17) is 24.4 Å². The first-order chi connectivity index (χ1) is 24.7. The first kappa shape index (κ1) is 28.5. The van der Waals surface area contributed by atoms with Gasteiger partial charge in [0.15, 0.2) is 23.1 Å². The van der Waals surface area contributed by atoms with E-state index >= 15 is 0 Å². The van der Waals surface area contributed by atoms with Crippen molar-refractivity contribution in [2.45, 2.75) is 0 Å². The fourth-order valence-electron chi connectivity index (χ4n) is 6.78. The Morgan fingerprint density at radius 3 is 1.74 bits per heavy atom. The molecule has 0 unspecified atom stereocenters. The maximum atomic E-state index is 6.26. The number of rotatable bonds is 5. The number of benzene rings is 7. The Hall–Kier alpha value is -6.50. The Morgan fingerprint density at radius 1 is 0.420 bits per heavy atom. The number of aromatic nitrogens is 4. The SMILES string of the molecule is c1ccc(-c2nc(-c3ccccc3)nc(-c3cc(-c4cccc5sc6cc7oc(-c8ccccc8)nc7cc6c45)c4ccccc4c3)n2)cc1. The molecule has 0 spiro atoms. The second kappa shape index (κ2) is 11.6. The van der Waals surface area contributed by atoms with E-state index in [2.05, 4.69) is 66.7 Å². The highest BCUT2D eigenvalue weighted by atomic mass is 32.1. The quantitative estimate of drug-likeness (QED) is 0.184. The molecule has 234 valence electrons. The summed E-state index contributed by atoms with van der Waals surface area (Å²) in [6.07, 6.45) is 0. The summed E-state index contributed by atoms with van der Waals surface area (Å²) in [5.41, 5.74) is 7.68. The molecule has 0 fully saturated rings. The van der Waals surface area contributed by atoms with E-state index in [1.165, 1.54) is 10.1 Å². The van der Waals surface area contributed by atoms with Gasteiger partial charge < -0.3 is 4.42 Å². The van der Waals surface area contributed by atoms with E-state index in [0.717, 1.165) is 65.3 Å². The molecule has 0 atom stereocenters. The third kappa shape index (κ3) is 4.85. The van der Waals surface area contributed by atoms with Gasteiger partial charge in [-0.2, -0.15) is 0 Å². The summed E-state index contributed by atoms with van der Waals surface area (Å²) in [6.45, 7) is 0. The molecule has 0 N–H and O–H groups in total. The van der Waals surface area contributed by atoms with Crippen LogP contribution in [-0.4, -0.2) is 19.9 Å². The summed E-state index contributed by atoms with van der Waals surface area (Å²) in [6, 6.07) is 54.1. The topological polar surface area (TPSA) is 64.7 Å². The molecule has 0 aliphatic carbocycles. The first-order valence-corrected chi connectivity index (χ1v) is 17.3. The van der Waals surface area contributed by atoms with Crippen molar-refractivity contribution in [1.29, 1.82) is 0 Å². The van der Waals surface area contributed by atoms with E-state index in [0.29, 0.717) is 23.4 Å². The highest BCUT2D eigenvalue weighted by Crippen LogP contribution is 2.44. The van der Waals surface area contributed by atoms with E-state index < -0.39 is 0 Å². The van der Waals surface area contributed by atoms with Crippen LogP contribution in [0.3, 0.4) is 0 Å². The highest BCUT2D eigenvalue weighted by Gasteiger charge is 2.19. The van der Waals surface area contributed by atoms with Gasteiger partial charge in [-0.05, 0) is 58.3 Å². The van der Waals surface area contributed by atoms with Crippen LogP contribution in [0.15, 0.2) is 162 Å². The van der Waals surface area contributed by atoms with Gasteiger partial charge in [-0.3, -0.25) is 0 Å². The van der Waals surface area contributed by atoms with Crippen LogP contribution in [0.4, 0.5) is 0 Å². The van der Waals surface area contributed by atoms with Gasteiger partial charge in [0.25, 0.3) is 0 Å². The Balaban J connectivity index is 1.20. The van der Waals surface area contributed by atoms with Crippen molar-refractivity contribution in [3.63, 3.8) is 0 Å². The van der Waals surface area contributed by atoms with Crippen molar-refractivity contribution in [1.82, 2.24) is 19.9 Å². The Bertz CT molecular complexity index is 2810. The Kier molecular flexibility index (Phi) is 6.60. The Morgan fingerprint density at radius 2 is 1.04 bits per heavy atom. The molecule has 0 saturated heterocycles. The van der Waals surface area contributed by atoms with Crippen LogP contribution in [0.25, 0.3) is 98.8 Å². The first-order valence-electron chi connectivity index (χ1n) is 16.5. The van der Waals surface area contributed by atoms with Gasteiger partial charge >= 0.3 is 0 Å². The zero-order chi connectivity index (χ0) is 33.0. The lowest BCUT2D eigenvalue weighted by Gasteiger charge is -2.13. The van der Waals surface area contributed by atoms with Crippen LogP contribution in [0, 0.1) is 0 Å². The monoisotopic (exact) mass is 658 g/mol. The maximum Gasteiger partial charge on any atom is 0.227 e. The Labute approximate surface area is 291 Å². The van der Waals surface area contributed by atoms with Crippen molar-refractivity contribution >= 4 is 53.4 Å². The molecular weight excluding hydrogens is 633 g/mol. The van der Waals surface area contributed by atoms with Gasteiger partial charge in [0.1, 0.15) is 5.52 Å². The van der Waals surface area contributed by atoms with Gasteiger partial charge in [0.05, 0.1) is 0 Å². The summed E-state index contributed by atoms with van der Waals surface area (Å²) in [7, 11) is 0. The highest BCUT2D eigenvalue weighted by molar-refractivity contribution is 7.26. The summed E-state index contributed by atoms with van der Waals surface area (Å²) in [5.74, 6) is 2.54. The molecule has 5 nitrogen and oxygen atoms in total. The fourth-order valence-corrected chi connectivity index (χ4v) is 7.92. The molecule has 0 amide bonds. The molecule has 0 bridgehead atoms. The minimum Gasteiger partial charge on any atom is -0.436 e. The normalized spacial score (nSPS) is 11.6. The van der Waals surface area contributed by atoms with Gasteiger partial charge in [-0.1, -0.05) is 115 Å². The van der Waals surface area contributed by atoms with E-state index in [1.54, 1.807) is 11.3 Å². The van der Waals surface area contributed by atoms with Gasteiger partial charge in [-0.25, -0.2) is 19.9 Å². The molecule has 7 aromatic carbocycles. The summed E-state index contributed by atoms with van der Waals surface area (Å²) in [5, 5.41) is 4.64. The van der Waals surface area contributed by atoms with Crippen LogP contribution < -0.4 is 0 Å². The van der Waals surface area contributed by atoms with E-state index in [-0.39, 0.29) is 0 Å². The minimum absolute atomic E-state index is 0.628. The van der Waals surface area contributed by atoms with Gasteiger partial charge in [-0.15, -0.1) is 11.3 Å². The van der Waals surface area contributed by atoms with Crippen LogP contribution in [0.5, 0.6) is 0 Å². The van der Waals surface area contributed by atoms with Crippen molar-refractivity contribution in [2.75, 3.05) is 0 Å². The van der Waals surface area contributed by atoms with Crippen molar-refractivity contribution in [3.8, 4) is 56.7 Å². The second-order valence-corrected chi connectivity index (χ2v) is 13.3. The molecule has 0 aliphatic heterocycles. The fraction of sp³-hybridized carbons (Fsp3) is 0. The van der Waals surface area contributed by atoms with Crippen LogP contribution >= 0.6 is 11.3 Å². The molecule has 3 heterocycles. The van der Waals surface area contributed by atoms with Crippen LogP contribution in [0.1, 0.15) is 0 Å². The lowest BCUT2D eigenvalue weighted by molar-refractivity contribution is 0.620. The lowest BCUT2D eigenvalue weighted by atomic mass is 9.92. The number of nitrogens with zero attached hydrogens (tertiary/aromatic N) is 4. The average molecular weight is 659 g/mol. The molecule has 10 aromatic rings.